The minimum atomic E-state index is -0.360. The molecule has 2 atom stereocenters. The molecule has 1 saturated carbocycles. The van der Waals surface area contributed by atoms with Crippen LogP contribution < -0.4 is 5.32 Å². The van der Waals surface area contributed by atoms with E-state index >= 15 is 0 Å². The van der Waals surface area contributed by atoms with Crippen LogP contribution in [-0.2, 0) is 0 Å². The number of nitro benzene ring substituents is 1. The fraction of sp³-hybridized carbons (Fsp3) is 0.600. The molecule has 1 aliphatic carbocycles. The Balaban J connectivity index is 2.04. The first-order valence-corrected chi connectivity index (χ1v) is 7.09. The van der Waals surface area contributed by atoms with Crippen molar-refractivity contribution in [2.24, 2.45) is 11.8 Å². The second-order valence-electron chi connectivity index (χ2n) is 5.75. The van der Waals surface area contributed by atoms with E-state index in [4.69, 9.17) is 0 Å². The number of anilines is 1. The van der Waals surface area contributed by atoms with Gasteiger partial charge in [-0.1, -0.05) is 26.7 Å². The molecule has 19 heavy (non-hydrogen) atoms. The second-order valence-corrected chi connectivity index (χ2v) is 5.75. The van der Waals surface area contributed by atoms with E-state index in [1.807, 2.05) is 12.1 Å². The zero-order valence-electron chi connectivity index (χ0n) is 11.6. The van der Waals surface area contributed by atoms with Crippen LogP contribution in [0.3, 0.4) is 0 Å². The van der Waals surface area contributed by atoms with Crippen molar-refractivity contribution in [3.63, 3.8) is 0 Å². The number of nitro groups is 1. The summed E-state index contributed by atoms with van der Waals surface area (Å²) in [5.41, 5.74) is 1.14. The monoisotopic (exact) mass is 262 g/mol. The molecule has 1 N–H and O–H groups in total. The molecule has 0 bridgehead atoms. The maximum atomic E-state index is 10.6. The SMILES string of the molecule is CC(C)C1CCCCC1Nc1ccc([N+](=O)[O-])cc1. The molecule has 4 heteroatoms. The van der Waals surface area contributed by atoms with Crippen LogP contribution in [-0.4, -0.2) is 11.0 Å². The molecule has 0 spiro atoms. The first-order chi connectivity index (χ1) is 9.08. The number of hydrogen-bond acceptors (Lipinski definition) is 3. The lowest BCUT2D eigenvalue weighted by molar-refractivity contribution is -0.384. The molecule has 1 fully saturated rings. The smallest absolute Gasteiger partial charge is 0.269 e. The molecule has 0 radical (unpaired) electrons. The number of nitrogens with one attached hydrogen (secondary N) is 1. The quantitative estimate of drug-likeness (QED) is 0.653. The summed E-state index contributed by atoms with van der Waals surface area (Å²) < 4.78 is 0. The minimum absolute atomic E-state index is 0.148. The Hall–Kier alpha value is -1.58. The number of hydrogen-bond donors (Lipinski definition) is 1. The van der Waals surface area contributed by atoms with Crippen LogP contribution in [0.5, 0.6) is 0 Å². The highest BCUT2D eigenvalue weighted by Gasteiger charge is 2.27. The van der Waals surface area contributed by atoms with Gasteiger partial charge in [0.25, 0.3) is 5.69 Å². The summed E-state index contributed by atoms with van der Waals surface area (Å²) in [5.74, 6) is 1.37. The highest BCUT2D eigenvalue weighted by atomic mass is 16.6. The molecule has 1 aromatic carbocycles. The molecule has 0 aromatic heterocycles. The zero-order chi connectivity index (χ0) is 13.8. The third-order valence-corrected chi connectivity index (χ3v) is 4.11. The van der Waals surface area contributed by atoms with Crippen molar-refractivity contribution in [2.45, 2.75) is 45.6 Å². The van der Waals surface area contributed by atoms with E-state index < -0.39 is 0 Å². The predicted molar refractivity (Wildman–Crippen MR) is 77.3 cm³/mol. The average Bonchev–Trinajstić information content (AvgIpc) is 2.39. The van der Waals surface area contributed by atoms with Crippen molar-refractivity contribution in [3.05, 3.63) is 34.4 Å². The Morgan fingerprint density at radius 3 is 2.42 bits per heavy atom. The summed E-state index contributed by atoms with van der Waals surface area (Å²) in [7, 11) is 0. The summed E-state index contributed by atoms with van der Waals surface area (Å²) in [5, 5.41) is 14.2. The van der Waals surface area contributed by atoms with Crippen molar-refractivity contribution >= 4 is 11.4 Å². The van der Waals surface area contributed by atoms with E-state index in [2.05, 4.69) is 19.2 Å². The number of rotatable bonds is 4. The van der Waals surface area contributed by atoms with Gasteiger partial charge in [-0.15, -0.1) is 0 Å². The first kappa shape index (κ1) is 13.8. The molecule has 0 saturated heterocycles. The zero-order valence-corrected chi connectivity index (χ0v) is 11.6. The Morgan fingerprint density at radius 2 is 1.84 bits per heavy atom. The molecule has 104 valence electrons. The van der Waals surface area contributed by atoms with Crippen LogP contribution in [0.2, 0.25) is 0 Å². The van der Waals surface area contributed by atoms with Crippen LogP contribution in [0.4, 0.5) is 11.4 Å². The van der Waals surface area contributed by atoms with Gasteiger partial charge in [0.15, 0.2) is 0 Å². The summed E-state index contributed by atoms with van der Waals surface area (Å²) in [6, 6.07) is 7.24. The molecule has 0 aliphatic heterocycles. The van der Waals surface area contributed by atoms with Gasteiger partial charge in [0.2, 0.25) is 0 Å². The summed E-state index contributed by atoms with van der Waals surface area (Å²) in [6.07, 6.45) is 5.07. The van der Waals surface area contributed by atoms with E-state index in [0.717, 1.165) is 5.69 Å². The van der Waals surface area contributed by atoms with Gasteiger partial charge in [-0.2, -0.15) is 0 Å². The Morgan fingerprint density at radius 1 is 1.21 bits per heavy atom. The predicted octanol–water partition coefficient (Wildman–Crippen LogP) is 4.22. The van der Waals surface area contributed by atoms with Crippen LogP contribution in [0.25, 0.3) is 0 Å². The lowest BCUT2D eigenvalue weighted by Gasteiger charge is -2.35. The van der Waals surface area contributed by atoms with E-state index in [9.17, 15) is 10.1 Å². The van der Waals surface area contributed by atoms with Gasteiger partial charge in [0, 0.05) is 23.9 Å². The van der Waals surface area contributed by atoms with Gasteiger partial charge >= 0.3 is 0 Å². The largest absolute Gasteiger partial charge is 0.382 e. The van der Waals surface area contributed by atoms with Gasteiger partial charge in [0.05, 0.1) is 4.92 Å². The second kappa shape index (κ2) is 6.04. The van der Waals surface area contributed by atoms with Gasteiger partial charge in [-0.05, 0) is 36.8 Å². The fourth-order valence-electron chi connectivity index (χ4n) is 3.03. The third-order valence-electron chi connectivity index (χ3n) is 4.11. The molecule has 2 rings (SSSR count). The Labute approximate surface area is 114 Å². The lowest BCUT2D eigenvalue weighted by Crippen LogP contribution is -2.35. The van der Waals surface area contributed by atoms with Crippen LogP contribution in [0.1, 0.15) is 39.5 Å². The molecule has 2 unspecified atom stereocenters. The average molecular weight is 262 g/mol. The standard InChI is InChI=1S/C15H22N2O2/c1-11(2)14-5-3-4-6-15(14)16-12-7-9-13(10-8-12)17(18)19/h7-11,14-16H,3-6H2,1-2H3. The van der Waals surface area contributed by atoms with Gasteiger partial charge in [-0.3, -0.25) is 10.1 Å². The van der Waals surface area contributed by atoms with E-state index in [-0.39, 0.29) is 10.6 Å². The summed E-state index contributed by atoms with van der Waals surface area (Å²) >= 11 is 0. The van der Waals surface area contributed by atoms with E-state index in [0.29, 0.717) is 17.9 Å². The van der Waals surface area contributed by atoms with E-state index in [1.54, 1.807) is 12.1 Å². The van der Waals surface area contributed by atoms with Gasteiger partial charge < -0.3 is 5.32 Å². The van der Waals surface area contributed by atoms with Gasteiger partial charge in [0.1, 0.15) is 0 Å². The maximum absolute atomic E-state index is 10.6. The molecule has 1 aliphatic rings. The van der Waals surface area contributed by atoms with Crippen LogP contribution in [0, 0.1) is 22.0 Å². The molecule has 1 aromatic rings. The van der Waals surface area contributed by atoms with Crippen molar-refractivity contribution in [2.75, 3.05) is 5.32 Å². The first-order valence-electron chi connectivity index (χ1n) is 7.09. The third kappa shape index (κ3) is 3.46. The van der Waals surface area contributed by atoms with Crippen molar-refractivity contribution < 1.29 is 4.92 Å². The number of benzene rings is 1. The van der Waals surface area contributed by atoms with E-state index in [1.165, 1.54) is 25.7 Å². The highest BCUT2D eigenvalue weighted by Crippen LogP contribution is 2.32. The maximum Gasteiger partial charge on any atom is 0.269 e. The van der Waals surface area contributed by atoms with Crippen LogP contribution in [0.15, 0.2) is 24.3 Å². The fourth-order valence-corrected chi connectivity index (χ4v) is 3.03. The van der Waals surface area contributed by atoms with Crippen LogP contribution >= 0.6 is 0 Å². The highest BCUT2D eigenvalue weighted by molar-refractivity contribution is 5.49. The number of nitrogens with zero attached hydrogens (tertiary/aromatic N) is 1. The number of non-ortho nitro benzene ring substituents is 1. The molecule has 4 nitrogen and oxygen atoms in total. The summed E-state index contributed by atoms with van der Waals surface area (Å²) in [6.45, 7) is 4.56. The molecule has 0 amide bonds. The summed E-state index contributed by atoms with van der Waals surface area (Å²) in [4.78, 5) is 10.3. The topological polar surface area (TPSA) is 55.2 Å². The Kier molecular flexibility index (Phi) is 4.40. The molecular formula is C15H22N2O2. The van der Waals surface area contributed by atoms with Gasteiger partial charge in [-0.25, -0.2) is 0 Å². The molecular weight excluding hydrogens is 240 g/mol. The molecule has 0 heterocycles. The minimum Gasteiger partial charge on any atom is -0.382 e. The Bertz CT molecular complexity index is 428. The van der Waals surface area contributed by atoms with Crippen molar-refractivity contribution in [1.82, 2.24) is 0 Å². The van der Waals surface area contributed by atoms with Crippen molar-refractivity contribution in [1.29, 1.82) is 0 Å². The normalized spacial score (nSPS) is 23.3. The van der Waals surface area contributed by atoms with Crippen molar-refractivity contribution in [3.8, 4) is 0 Å². The lowest BCUT2D eigenvalue weighted by atomic mass is 9.78.